The van der Waals surface area contributed by atoms with Crippen molar-refractivity contribution in [2.24, 2.45) is 0 Å². The van der Waals surface area contributed by atoms with Crippen molar-refractivity contribution in [1.29, 1.82) is 0 Å². The van der Waals surface area contributed by atoms with Gasteiger partial charge < -0.3 is 0 Å². The van der Waals surface area contributed by atoms with Crippen molar-refractivity contribution in [3.05, 3.63) is 0 Å². The summed E-state index contributed by atoms with van der Waals surface area (Å²) in [5.74, 6) is 0. The number of carbonyl (C=O) groups is 2. The molecule has 1 amide bonds. The molecule has 0 aromatic rings. The van der Waals surface area contributed by atoms with Crippen molar-refractivity contribution < 1.29 is 23.8 Å². The summed E-state index contributed by atoms with van der Waals surface area (Å²) in [6.07, 6.45) is -1.97. The predicted molar refractivity (Wildman–Crippen MR) is 66.2 cm³/mol. The van der Waals surface area contributed by atoms with E-state index in [2.05, 4.69) is 0 Å². The Balaban J connectivity index is 2.53. The van der Waals surface area contributed by atoms with Crippen LogP contribution in [0.25, 0.3) is 0 Å². The third-order valence-corrected chi connectivity index (χ3v) is 5.13. The quantitative estimate of drug-likeness (QED) is 0.788. The molecule has 0 saturated carbocycles. The van der Waals surface area contributed by atoms with Gasteiger partial charge in [-0.1, -0.05) is 0 Å². The van der Waals surface area contributed by atoms with Crippen LogP contribution in [-0.2, 0) is 4.74 Å². The Morgan fingerprint density at radius 2 is 2.06 bits per heavy atom. The van der Waals surface area contributed by atoms with Crippen LogP contribution in [-0.4, -0.2) is 61.5 Å². The van der Waals surface area contributed by atoms with Crippen molar-refractivity contribution in [1.82, 2.24) is 4.90 Å². The molecule has 0 bridgehead atoms. The number of hydrogen-bond acceptors (Lipinski definition) is 3. The van der Waals surface area contributed by atoms with E-state index in [9.17, 15) is 14.0 Å². The van der Waals surface area contributed by atoms with Crippen LogP contribution in [0.2, 0.25) is 4.71 Å². The number of halogens is 1. The van der Waals surface area contributed by atoms with Gasteiger partial charge in [-0.3, -0.25) is 0 Å². The molecule has 1 rings (SSSR count). The van der Waals surface area contributed by atoms with E-state index in [0.29, 0.717) is 0 Å². The van der Waals surface area contributed by atoms with E-state index in [1.165, 1.54) is 4.90 Å². The number of rotatable bonds is 2. The van der Waals surface area contributed by atoms with Crippen LogP contribution in [0.3, 0.4) is 0 Å². The number of piperidine rings is 1. The van der Waals surface area contributed by atoms with Gasteiger partial charge in [-0.15, -0.1) is 0 Å². The summed E-state index contributed by atoms with van der Waals surface area (Å²) in [6.45, 7) is 5.58. The number of alkyl halides is 1. The zero-order valence-electron chi connectivity index (χ0n) is 10.8. The molecule has 3 atom stereocenters. The van der Waals surface area contributed by atoms with Crippen molar-refractivity contribution in [3.8, 4) is 0 Å². The fourth-order valence-electron chi connectivity index (χ4n) is 1.69. The fraction of sp³-hybridized carbons (Fsp3) is 0.818. The first-order valence-corrected chi connectivity index (χ1v) is 8.06. The molecule has 0 radical (unpaired) electrons. The molecule has 1 fully saturated rings. The first-order valence-electron chi connectivity index (χ1n) is 5.80. The number of carbonyl (C=O) groups excluding carboxylic acids is 1. The minimum atomic E-state index is -1.31. The van der Waals surface area contributed by atoms with Crippen LogP contribution in [0.15, 0.2) is 0 Å². The van der Waals surface area contributed by atoms with Crippen LogP contribution in [0.4, 0.5) is 14.0 Å². The Hall–Kier alpha value is -0.772. The first-order chi connectivity index (χ1) is 8.19. The van der Waals surface area contributed by atoms with Crippen LogP contribution in [0, 0.1) is 0 Å². The molecule has 1 aliphatic heterocycles. The van der Waals surface area contributed by atoms with Gasteiger partial charge in [0.15, 0.2) is 0 Å². The number of carboxylic acid groups (broad SMARTS) is 1. The summed E-state index contributed by atoms with van der Waals surface area (Å²) >= 11 is -1.31. The minimum absolute atomic E-state index is 0.107. The summed E-state index contributed by atoms with van der Waals surface area (Å²) in [5, 5.41) is 8.86. The Labute approximate surface area is 112 Å². The predicted octanol–water partition coefficient (Wildman–Crippen LogP) is 1.87. The summed E-state index contributed by atoms with van der Waals surface area (Å²) in [5.41, 5.74) is -0.576. The van der Waals surface area contributed by atoms with Crippen molar-refractivity contribution in [3.63, 3.8) is 0 Å². The molecule has 0 aliphatic carbocycles. The molecule has 7 heteroatoms. The molecule has 0 aromatic carbocycles. The van der Waals surface area contributed by atoms with Crippen LogP contribution < -0.4 is 0 Å². The molecule has 1 aliphatic rings. The van der Waals surface area contributed by atoms with E-state index in [1.54, 1.807) is 20.8 Å². The average Bonchev–Trinajstić information content (AvgIpc) is 2.18. The van der Waals surface area contributed by atoms with E-state index >= 15 is 0 Å². The standard InChI is InChI=1S/C11H19AsFNO4/c1-11(2,3)18-9(15)12-7-6-14(10(16)17)5-4-8(7)13/h7-8,12H,4-6H2,1-3H3,(H,16,17). The van der Waals surface area contributed by atoms with Gasteiger partial charge in [0, 0.05) is 0 Å². The molecule has 5 nitrogen and oxygen atoms in total. The molecule has 18 heavy (non-hydrogen) atoms. The normalized spacial score (nSPS) is 25.4. The third-order valence-electron chi connectivity index (χ3n) is 2.50. The Bertz CT molecular complexity index is 331. The third kappa shape index (κ3) is 4.84. The second kappa shape index (κ2) is 5.91. The van der Waals surface area contributed by atoms with E-state index in [0.717, 1.165) is 0 Å². The summed E-state index contributed by atoms with van der Waals surface area (Å²) in [7, 11) is 0. The van der Waals surface area contributed by atoms with Crippen molar-refractivity contribution in [2.75, 3.05) is 13.1 Å². The number of nitrogens with zero attached hydrogens (tertiary/aromatic N) is 1. The van der Waals surface area contributed by atoms with Crippen molar-refractivity contribution in [2.45, 2.75) is 43.7 Å². The van der Waals surface area contributed by atoms with E-state index in [1.807, 2.05) is 0 Å². The monoisotopic (exact) mass is 323 g/mol. The van der Waals surface area contributed by atoms with E-state index in [-0.39, 0.29) is 24.3 Å². The van der Waals surface area contributed by atoms with Gasteiger partial charge in [0.05, 0.1) is 0 Å². The van der Waals surface area contributed by atoms with E-state index in [4.69, 9.17) is 9.84 Å². The number of ether oxygens (including phenoxy) is 1. The zero-order valence-corrected chi connectivity index (χ0v) is 12.9. The average molecular weight is 323 g/mol. The Morgan fingerprint density at radius 3 is 2.56 bits per heavy atom. The molecule has 1 saturated heterocycles. The van der Waals surface area contributed by atoms with Gasteiger partial charge in [0.25, 0.3) is 0 Å². The molecule has 1 heterocycles. The van der Waals surface area contributed by atoms with Gasteiger partial charge in [-0.2, -0.15) is 0 Å². The van der Waals surface area contributed by atoms with Gasteiger partial charge in [-0.25, -0.2) is 0 Å². The van der Waals surface area contributed by atoms with Crippen LogP contribution in [0.1, 0.15) is 27.2 Å². The van der Waals surface area contributed by atoms with Crippen LogP contribution in [0.5, 0.6) is 0 Å². The maximum atomic E-state index is 13.7. The molecule has 1 N–H and O–H groups in total. The number of amides is 1. The van der Waals surface area contributed by atoms with Gasteiger partial charge in [-0.05, 0) is 0 Å². The molecular weight excluding hydrogens is 304 g/mol. The molecule has 3 unspecified atom stereocenters. The van der Waals surface area contributed by atoms with Crippen molar-refractivity contribution >= 4 is 26.6 Å². The molecule has 0 spiro atoms. The summed E-state index contributed by atoms with van der Waals surface area (Å²) in [6, 6.07) is 0. The second-order valence-electron chi connectivity index (χ2n) is 5.29. The van der Waals surface area contributed by atoms with E-state index < -0.39 is 38.3 Å². The fourth-order valence-corrected chi connectivity index (χ4v) is 4.48. The Kier molecular flexibility index (Phi) is 5.02. The summed E-state index contributed by atoms with van der Waals surface area (Å²) < 4.78 is 18.0. The molecule has 0 aromatic heterocycles. The molecular formula is C11H19AsFNO4. The van der Waals surface area contributed by atoms with Gasteiger partial charge >= 0.3 is 112 Å². The number of hydrogen-bond donors (Lipinski definition) is 1. The van der Waals surface area contributed by atoms with Gasteiger partial charge in [0.1, 0.15) is 0 Å². The van der Waals surface area contributed by atoms with Gasteiger partial charge in [0.2, 0.25) is 0 Å². The zero-order chi connectivity index (χ0) is 13.9. The topological polar surface area (TPSA) is 66.8 Å². The maximum absolute atomic E-state index is 13.7. The number of likely N-dealkylation sites (tertiary alicyclic amines) is 1. The summed E-state index contributed by atoms with van der Waals surface area (Å²) in [4.78, 5) is 23.6. The SMILES string of the molecule is CC(C)(C)OC(=O)[AsH]C1CN(C(=O)O)CCC1F. The first kappa shape index (κ1) is 15.3. The Morgan fingerprint density at radius 1 is 1.44 bits per heavy atom. The molecule has 104 valence electrons. The van der Waals surface area contributed by atoms with Crippen LogP contribution >= 0.6 is 0 Å². The second-order valence-corrected chi connectivity index (χ2v) is 8.30.